The van der Waals surface area contributed by atoms with Gasteiger partial charge >= 0.3 is 0 Å². The number of aromatic nitrogens is 2. The Balaban J connectivity index is 1.79. The Kier molecular flexibility index (Phi) is 5.53. The van der Waals surface area contributed by atoms with Crippen LogP contribution in [0, 0.1) is 6.92 Å². The van der Waals surface area contributed by atoms with Crippen LogP contribution in [0.5, 0.6) is 5.75 Å². The van der Waals surface area contributed by atoms with Crippen LogP contribution in [0.15, 0.2) is 24.4 Å². The number of piperidine rings is 1. The summed E-state index contributed by atoms with van der Waals surface area (Å²) in [6.07, 6.45) is 5.55. The largest absolute Gasteiger partial charge is 0.494 e. The van der Waals surface area contributed by atoms with Gasteiger partial charge < -0.3 is 9.84 Å². The van der Waals surface area contributed by atoms with Crippen LogP contribution in [-0.2, 0) is 13.2 Å². The molecule has 5 nitrogen and oxygen atoms in total. The summed E-state index contributed by atoms with van der Waals surface area (Å²) in [5, 5.41) is 17.0. The highest BCUT2D eigenvalue weighted by atomic mass is 16.5. The molecule has 1 aliphatic rings. The average Bonchev–Trinajstić information content (AvgIpc) is 3.03. The smallest absolute Gasteiger partial charge is 0.124 e. The van der Waals surface area contributed by atoms with Crippen molar-refractivity contribution < 1.29 is 9.84 Å². The lowest BCUT2D eigenvalue weighted by Gasteiger charge is -2.35. The minimum absolute atomic E-state index is 0.00621. The Morgan fingerprint density at radius 2 is 2.25 bits per heavy atom. The molecular formula is C19H27N3O2. The van der Waals surface area contributed by atoms with Gasteiger partial charge in [0.1, 0.15) is 5.75 Å². The van der Waals surface area contributed by atoms with Gasteiger partial charge in [-0.25, -0.2) is 0 Å². The number of rotatable bonds is 6. The molecule has 2 aromatic rings. The van der Waals surface area contributed by atoms with Crippen LogP contribution in [-0.4, -0.2) is 33.4 Å². The third-order valence-corrected chi connectivity index (χ3v) is 4.80. The maximum Gasteiger partial charge on any atom is 0.124 e. The predicted octanol–water partition coefficient (Wildman–Crippen LogP) is 3.34. The molecule has 0 spiro atoms. The predicted molar refractivity (Wildman–Crippen MR) is 93.9 cm³/mol. The molecule has 1 saturated heterocycles. The lowest BCUT2D eigenvalue weighted by atomic mass is 9.96. The fourth-order valence-corrected chi connectivity index (χ4v) is 3.59. The van der Waals surface area contributed by atoms with Gasteiger partial charge in [-0.1, -0.05) is 12.5 Å². The van der Waals surface area contributed by atoms with Gasteiger partial charge in [0.15, 0.2) is 0 Å². The Morgan fingerprint density at radius 3 is 2.96 bits per heavy atom. The van der Waals surface area contributed by atoms with E-state index in [4.69, 9.17) is 4.74 Å². The van der Waals surface area contributed by atoms with E-state index in [2.05, 4.69) is 34.2 Å². The Bertz CT molecular complexity index is 668. The molecule has 2 N–H and O–H groups in total. The number of nitrogens with one attached hydrogen (secondary N) is 1. The maximum absolute atomic E-state index is 9.61. The number of aryl methyl sites for hydroxylation is 1. The zero-order chi connectivity index (χ0) is 16.9. The number of nitrogens with zero attached hydrogens (tertiary/aromatic N) is 2. The van der Waals surface area contributed by atoms with Gasteiger partial charge in [-0.05, 0) is 56.5 Å². The summed E-state index contributed by atoms with van der Waals surface area (Å²) in [5.41, 5.74) is 4.55. The summed E-state index contributed by atoms with van der Waals surface area (Å²) in [5.74, 6) is 0.781. The number of benzene rings is 1. The fourth-order valence-electron chi connectivity index (χ4n) is 3.59. The first-order valence-electron chi connectivity index (χ1n) is 8.82. The molecule has 0 amide bonds. The molecule has 0 aliphatic carbocycles. The maximum atomic E-state index is 9.61. The van der Waals surface area contributed by atoms with Crippen LogP contribution < -0.4 is 4.74 Å². The number of H-pyrrole nitrogens is 1. The SMILES string of the molecule is CCOc1ccc(CN2CCCC[C@@H]2c2[nH]ncc2C)cc1CO. The molecule has 1 aromatic heterocycles. The van der Waals surface area contributed by atoms with E-state index in [-0.39, 0.29) is 6.61 Å². The second kappa shape index (κ2) is 7.81. The number of aliphatic hydroxyl groups is 1. The van der Waals surface area contributed by atoms with E-state index >= 15 is 0 Å². The molecular weight excluding hydrogens is 302 g/mol. The van der Waals surface area contributed by atoms with Gasteiger partial charge in [0.2, 0.25) is 0 Å². The summed E-state index contributed by atoms with van der Waals surface area (Å²) in [7, 11) is 0. The van der Waals surface area contributed by atoms with Gasteiger partial charge in [0.05, 0.1) is 31.1 Å². The number of likely N-dealkylation sites (tertiary alicyclic amines) is 1. The van der Waals surface area contributed by atoms with E-state index in [1.807, 2.05) is 19.2 Å². The standard InChI is InChI=1S/C19H27N3O2/c1-3-24-18-8-7-15(10-16(18)13-23)12-22-9-5-4-6-17(22)19-14(2)11-20-21-19/h7-8,10-11,17,23H,3-6,9,12-13H2,1-2H3,(H,20,21)/t17-/m1/s1. The molecule has 3 rings (SSSR count). The fraction of sp³-hybridized carbons (Fsp3) is 0.526. The van der Waals surface area contributed by atoms with Crippen molar-refractivity contribution in [2.75, 3.05) is 13.2 Å². The molecule has 1 aromatic carbocycles. The molecule has 1 atom stereocenters. The molecule has 2 heterocycles. The highest BCUT2D eigenvalue weighted by Crippen LogP contribution is 2.33. The average molecular weight is 329 g/mol. The van der Waals surface area contributed by atoms with Crippen molar-refractivity contribution in [3.8, 4) is 5.75 Å². The van der Waals surface area contributed by atoms with Gasteiger partial charge in [-0.3, -0.25) is 10.00 Å². The lowest BCUT2D eigenvalue weighted by molar-refractivity contribution is 0.136. The van der Waals surface area contributed by atoms with Crippen molar-refractivity contribution in [2.45, 2.75) is 52.3 Å². The molecule has 1 fully saturated rings. The van der Waals surface area contributed by atoms with E-state index in [9.17, 15) is 5.11 Å². The normalized spacial score (nSPS) is 18.7. The van der Waals surface area contributed by atoms with E-state index in [1.165, 1.54) is 29.7 Å². The summed E-state index contributed by atoms with van der Waals surface area (Å²) in [6.45, 7) is 6.66. The second-order valence-electron chi connectivity index (χ2n) is 6.48. The van der Waals surface area contributed by atoms with Crippen LogP contribution >= 0.6 is 0 Å². The van der Waals surface area contributed by atoms with E-state index < -0.39 is 0 Å². The van der Waals surface area contributed by atoms with E-state index in [1.54, 1.807) is 0 Å². The van der Waals surface area contributed by atoms with Crippen LogP contribution in [0.4, 0.5) is 0 Å². The number of aromatic amines is 1. The molecule has 5 heteroatoms. The van der Waals surface area contributed by atoms with Gasteiger partial charge in [-0.15, -0.1) is 0 Å². The topological polar surface area (TPSA) is 61.4 Å². The first-order chi connectivity index (χ1) is 11.7. The van der Waals surface area contributed by atoms with Gasteiger partial charge in [0.25, 0.3) is 0 Å². The first kappa shape index (κ1) is 17.0. The zero-order valence-electron chi connectivity index (χ0n) is 14.6. The second-order valence-corrected chi connectivity index (χ2v) is 6.48. The van der Waals surface area contributed by atoms with Crippen molar-refractivity contribution in [1.29, 1.82) is 0 Å². The van der Waals surface area contributed by atoms with Gasteiger partial charge in [0, 0.05) is 12.1 Å². The Hall–Kier alpha value is -1.85. The molecule has 0 bridgehead atoms. The highest BCUT2D eigenvalue weighted by Gasteiger charge is 2.26. The van der Waals surface area contributed by atoms with Crippen molar-refractivity contribution in [3.05, 3.63) is 46.8 Å². The quantitative estimate of drug-likeness (QED) is 0.853. The van der Waals surface area contributed by atoms with Crippen LogP contribution in [0.3, 0.4) is 0 Å². The van der Waals surface area contributed by atoms with Crippen molar-refractivity contribution in [1.82, 2.24) is 15.1 Å². The van der Waals surface area contributed by atoms with Crippen LogP contribution in [0.25, 0.3) is 0 Å². The van der Waals surface area contributed by atoms with Crippen molar-refractivity contribution in [2.24, 2.45) is 0 Å². The summed E-state index contributed by atoms with van der Waals surface area (Å²) in [4.78, 5) is 2.51. The molecule has 1 aliphatic heterocycles. The zero-order valence-corrected chi connectivity index (χ0v) is 14.6. The molecule has 0 saturated carbocycles. The lowest BCUT2D eigenvalue weighted by Crippen LogP contribution is -2.33. The summed E-state index contributed by atoms with van der Waals surface area (Å²) >= 11 is 0. The molecule has 0 unspecified atom stereocenters. The first-order valence-corrected chi connectivity index (χ1v) is 8.82. The summed E-state index contributed by atoms with van der Waals surface area (Å²) in [6, 6.07) is 6.54. The van der Waals surface area contributed by atoms with Crippen molar-refractivity contribution in [3.63, 3.8) is 0 Å². The summed E-state index contributed by atoms with van der Waals surface area (Å²) < 4.78 is 5.58. The van der Waals surface area contributed by atoms with E-state index in [0.29, 0.717) is 12.6 Å². The van der Waals surface area contributed by atoms with Crippen LogP contribution in [0.2, 0.25) is 0 Å². The molecule has 130 valence electrons. The third-order valence-electron chi connectivity index (χ3n) is 4.80. The van der Waals surface area contributed by atoms with Gasteiger partial charge in [-0.2, -0.15) is 5.10 Å². The number of aliphatic hydroxyl groups excluding tert-OH is 1. The van der Waals surface area contributed by atoms with Crippen molar-refractivity contribution >= 4 is 0 Å². The third kappa shape index (κ3) is 3.62. The molecule has 24 heavy (non-hydrogen) atoms. The van der Waals surface area contributed by atoms with E-state index in [0.717, 1.165) is 30.8 Å². The Morgan fingerprint density at radius 1 is 1.38 bits per heavy atom. The highest BCUT2D eigenvalue weighted by molar-refractivity contribution is 5.37. The number of hydrogen-bond acceptors (Lipinski definition) is 4. The molecule has 0 radical (unpaired) electrons. The number of ether oxygens (including phenoxy) is 1. The monoisotopic (exact) mass is 329 g/mol. The van der Waals surface area contributed by atoms with Crippen LogP contribution in [0.1, 0.15) is 54.6 Å². The minimum Gasteiger partial charge on any atom is -0.494 e. The minimum atomic E-state index is 0.00621. The Labute approximate surface area is 143 Å². The number of hydrogen-bond donors (Lipinski definition) is 2.